The molecule has 9 heteroatoms. The Bertz CT molecular complexity index is 1040. The van der Waals surface area contributed by atoms with Crippen molar-refractivity contribution in [3.8, 4) is 0 Å². The number of rotatable bonds is 5. The number of amides is 1. The number of hydrogen-bond acceptors (Lipinski definition) is 6. The third kappa shape index (κ3) is 3.75. The molecular weight excluding hydrogens is 376 g/mol. The van der Waals surface area contributed by atoms with Crippen molar-refractivity contribution >= 4 is 34.8 Å². The summed E-state index contributed by atoms with van der Waals surface area (Å²) in [6, 6.07) is 7.67. The summed E-state index contributed by atoms with van der Waals surface area (Å²) in [6.45, 7) is 3.67. The lowest BCUT2D eigenvalue weighted by Crippen LogP contribution is -2.33. The molecule has 0 spiro atoms. The van der Waals surface area contributed by atoms with E-state index < -0.39 is 0 Å². The standard InChI is InChI=1S/C19H22N6O2S/c1-2-14-3-5-15(6-4-14)21-16(26)13-25-19(27)24-8-7-20-17(18(24)22-25)23-9-11-28-12-10-23/h3-8H,2,9-13H2,1H3,(H,21,26). The highest BCUT2D eigenvalue weighted by Gasteiger charge is 2.19. The van der Waals surface area contributed by atoms with E-state index in [2.05, 4.69) is 27.2 Å². The van der Waals surface area contributed by atoms with Gasteiger partial charge in [0.25, 0.3) is 0 Å². The second-order valence-electron chi connectivity index (χ2n) is 6.58. The fourth-order valence-electron chi connectivity index (χ4n) is 3.20. The highest BCUT2D eigenvalue weighted by atomic mass is 32.2. The molecule has 2 aromatic heterocycles. The van der Waals surface area contributed by atoms with Gasteiger partial charge in [-0.1, -0.05) is 19.1 Å². The molecule has 0 saturated carbocycles. The zero-order valence-corrected chi connectivity index (χ0v) is 16.5. The summed E-state index contributed by atoms with van der Waals surface area (Å²) in [7, 11) is 0. The Balaban J connectivity index is 1.55. The topological polar surface area (TPSA) is 84.5 Å². The van der Waals surface area contributed by atoms with Crippen LogP contribution in [0.4, 0.5) is 11.5 Å². The van der Waals surface area contributed by atoms with Crippen LogP contribution in [0.3, 0.4) is 0 Å². The molecule has 3 aromatic rings. The molecule has 146 valence electrons. The maximum absolute atomic E-state index is 12.7. The van der Waals surface area contributed by atoms with Crippen LogP contribution >= 0.6 is 11.8 Å². The third-order valence-electron chi connectivity index (χ3n) is 4.73. The fraction of sp³-hybridized carbons (Fsp3) is 0.368. The molecule has 4 rings (SSSR count). The molecule has 0 aliphatic carbocycles. The van der Waals surface area contributed by atoms with Crippen LogP contribution in [0.25, 0.3) is 5.65 Å². The first kappa shape index (κ1) is 18.5. The van der Waals surface area contributed by atoms with E-state index in [1.807, 2.05) is 36.0 Å². The number of anilines is 2. The lowest BCUT2D eigenvalue weighted by Gasteiger charge is -2.27. The van der Waals surface area contributed by atoms with Gasteiger partial charge in [-0.2, -0.15) is 11.8 Å². The van der Waals surface area contributed by atoms with E-state index >= 15 is 0 Å². The van der Waals surface area contributed by atoms with Crippen molar-refractivity contribution in [3.05, 3.63) is 52.7 Å². The van der Waals surface area contributed by atoms with Gasteiger partial charge in [0.15, 0.2) is 5.82 Å². The van der Waals surface area contributed by atoms with E-state index in [1.165, 1.54) is 14.6 Å². The SMILES string of the molecule is CCc1ccc(NC(=O)Cn2nc3c(N4CCSCC4)nccn3c2=O)cc1. The first-order valence-corrected chi connectivity index (χ1v) is 10.5. The van der Waals surface area contributed by atoms with Gasteiger partial charge in [0.2, 0.25) is 11.6 Å². The summed E-state index contributed by atoms with van der Waals surface area (Å²) in [5.74, 6) is 2.44. The number of benzene rings is 1. The maximum Gasteiger partial charge on any atom is 0.350 e. The normalized spacial score (nSPS) is 14.4. The Kier molecular flexibility index (Phi) is 5.34. The number of fused-ring (bicyclic) bond motifs is 1. The number of nitrogens with one attached hydrogen (secondary N) is 1. The molecule has 1 amide bonds. The minimum Gasteiger partial charge on any atom is -0.352 e. The van der Waals surface area contributed by atoms with Gasteiger partial charge in [-0.3, -0.25) is 4.79 Å². The Morgan fingerprint density at radius 2 is 1.96 bits per heavy atom. The molecule has 28 heavy (non-hydrogen) atoms. The maximum atomic E-state index is 12.7. The highest BCUT2D eigenvalue weighted by molar-refractivity contribution is 7.99. The Morgan fingerprint density at radius 1 is 1.21 bits per heavy atom. The van der Waals surface area contributed by atoms with Crippen molar-refractivity contribution in [3.63, 3.8) is 0 Å². The number of thioether (sulfide) groups is 1. The zero-order valence-electron chi connectivity index (χ0n) is 15.7. The molecule has 0 unspecified atom stereocenters. The minimum atomic E-state index is -0.346. The van der Waals surface area contributed by atoms with Crippen LogP contribution in [0.2, 0.25) is 0 Å². The predicted molar refractivity (Wildman–Crippen MR) is 111 cm³/mol. The molecule has 0 radical (unpaired) electrons. The van der Waals surface area contributed by atoms with Crippen molar-refractivity contribution < 1.29 is 4.79 Å². The molecule has 1 saturated heterocycles. The lowest BCUT2D eigenvalue weighted by molar-refractivity contribution is -0.117. The zero-order chi connectivity index (χ0) is 19.5. The van der Waals surface area contributed by atoms with Gasteiger partial charge < -0.3 is 10.2 Å². The molecule has 8 nitrogen and oxygen atoms in total. The van der Waals surface area contributed by atoms with E-state index in [0.717, 1.165) is 31.0 Å². The average Bonchev–Trinajstić information content (AvgIpc) is 3.04. The molecule has 1 N–H and O–H groups in total. The highest BCUT2D eigenvalue weighted by Crippen LogP contribution is 2.20. The van der Waals surface area contributed by atoms with Crippen LogP contribution in [0.1, 0.15) is 12.5 Å². The van der Waals surface area contributed by atoms with Crippen LogP contribution in [0.15, 0.2) is 41.5 Å². The number of aryl methyl sites for hydroxylation is 1. The van der Waals surface area contributed by atoms with Crippen molar-refractivity contribution in [2.75, 3.05) is 34.8 Å². The van der Waals surface area contributed by atoms with E-state index in [0.29, 0.717) is 17.2 Å². The fourth-order valence-corrected chi connectivity index (χ4v) is 4.10. The summed E-state index contributed by atoms with van der Waals surface area (Å²) in [4.78, 5) is 31.6. The third-order valence-corrected chi connectivity index (χ3v) is 5.68. The van der Waals surface area contributed by atoms with Gasteiger partial charge in [-0.05, 0) is 24.1 Å². The smallest absolute Gasteiger partial charge is 0.350 e. The second kappa shape index (κ2) is 8.05. The molecule has 1 aliphatic rings. The van der Waals surface area contributed by atoms with Crippen LogP contribution in [0.5, 0.6) is 0 Å². The molecule has 1 aliphatic heterocycles. The summed E-state index contributed by atoms with van der Waals surface area (Å²) < 4.78 is 2.64. The number of carbonyl (C=O) groups excluding carboxylic acids is 1. The Morgan fingerprint density at radius 3 is 2.68 bits per heavy atom. The van der Waals surface area contributed by atoms with E-state index in [1.54, 1.807) is 12.4 Å². The summed E-state index contributed by atoms with van der Waals surface area (Å²) in [5, 5.41) is 7.21. The van der Waals surface area contributed by atoms with Gasteiger partial charge in [0.1, 0.15) is 6.54 Å². The predicted octanol–water partition coefficient (Wildman–Crippen LogP) is 1.65. The molecular formula is C19H22N6O2S. The van der Waals surface area contributed by atoms with E-state index in [-0.39, 0.29) is 18.1 Å². The van der Waals surface area contributed by atoms with Crippen LogP contribution in [0, 0.1) is 0 Å². The van der Waals surface area contributed by atoms with Crippen molar-refractivity contribution in [1.29, 1.82) is 0 Å². The van der Waals surface area contributed by atoms with Gasteiger partial charge >= 0.3 is 5.69 Å². The quantitative estimate of drug-likeness (QED) is 0.703. The number of hydrogen-bond donors (Lipinski definition) is 1. The van der Waals surface area contributed by atoms with Gasteiger partial charge in [-0.15, -0.1) is 5.10 Å². The lowest BCUT2D eigenvalue weighted by atomic mass is 10.1. The van der Waals surface area contributed by atoms with Gasteiger partial charge in [0.05, 0.1) is 0 Å². The van der Waals surface area contributed by atoms with Crippen LogP contribution < -0.4 is 15.9 Å². The molecule has 1 fully saturated rings. The summed E-state index contributed by atoms with van der Waals surface area (Å²) >= 11 is 1.90. The molecule has 1 aromatic carbocycles. The minimum absolute atomic E-state index is 0.147. The van der Waals surface area contributed by atoms with Crippen molar-refractivity contribution in [1.82, 2.24) is 19.2 Å². The summed E-state index contributed by atoms with van der Waals surface area (Å²) in [5.41, 5.74) is 2.04. The molecule has 3 heterocycles. The van der Waals surface area contributed by atoms with Crippen LogP contribution in [-0.2, 0) is 17.8 Å². The summed E-state index contributed by atoms with van der Waals surface area (Å²) in [6.07, 6.45) is 4.13. The second-order valence-corrected chi connectivity index (χ2v) is 7.81. The van der Waals surface area contributed by atoms with Crippen LogP contribution in [-0.4, -0.2) is 49.7 Å². The van der Waals surface area contributed by atoms with Gasteiger partial charge in [0, 0.05) is 42.7 Å². The van der Waals surface area contributed by atoms with Crippen molar-refractivity contribution in [2.24, 2.45) is 0 Å². The van der Waals surface area contributed by atoms with Crippen molar-refractivity contribution in [2.45, 2.75) is 19.9 Å². The monoisotopic (exact) mass is 398 g/mol. The molecule has 0 atom stereocenters. The van der Waals surface area contributed by atoms with Gasteiger partial charge in [-0.25, -0.2) is 18.9 Å². The number of aromatic nitrogens is 4. The Hall–Kier alpha value is -2.81. The first-order chi connectivity index (χ1) is 13.7. The number of carbonyl (C=O) groups is 1. The first-order valence-electron chi connectivity index (χ1n) is 9.31. The largest absolute Gasteiger partial charge is 0.352 e. The van der Waals surface area contributed by atoms with E-state index in [9.17, 15) is 9.59 Å². The molecule has 0 bridgehead atoms. The average molecular weight is 398 g/mol. The van der Waals surface area contributed by atoms with E-state index in [4.69, 9.17) is 0 Å². The number of nitrogens with zero attached hydrogens (tertiary/aromatic N) is 5. The Labute approximate surface area is 166 Å².